The molecular weight excluding hydrogens is 316 g/mol. The third-order valence-corrected chi connectivity index (χ3v) is 2.79. The Hall–Kier alpha value is -1.54. The molecule has 0 aliphatic rings. The van der Waals surface area contributed by atoms with Gasteiger partial charge in [0, 0.05) is 0 Å². The minimum Gasteiger partial charge on any atom is -0.444 e. The number of carbonyl (C=O) groups excluding carboxylic acids is 2. The molecule has 0 heterocycles. The summed E-state index contributed by atoms with van der Waals surface area (Å²) in [5, 5.41) is 24.2. The second-order valence-electron chi connectivity index (χ2n) is 8.08. The summed E-state index contributed by atoms with van der Waals surface area (Å²) in [4.78, 5) is 23.7. The third kappa shape index (κ3) is 10.3. The lowest BCUT2D eigenvalue weighted by molar-refractivity contribution is 0.0358. The number of aliphatic hydroxyl groups is 2. The Morgan fingerprint density at radius 2 is 1.38 bits per heavy atom. The largest absolute Gasteiger partial charge is 0.444 e. The van der Waals surface area contributed by atoms with Gasteiger partial charge in [-0.1, -0.05) is 0 Å². The third-order valence-electron chi connectivity index (χ3n) is 2.79. The van der Waals surface area contributed by atoms with Crippen molar-refractivity contribution in [3.05, 3.63) is 0 Å². The Balaban J connectivity index is 4.79. The second kappa shape index (κ2) is 8.53. The SMILES string of the molecule is CC(C)(C)OC(=O)N[C@H](CO)C[C@](C)(CO)NC(=O)OC(C)(C)C. The van der Waals surface area contributed by atoms with Crippen molar-refractivity contribution in [2.45, 2.75) is 77.7 Å². The van der Waals surface area contributed by atoms with Gasteiger partial charge in [-0.25, -0.2) is 9.59 Å². The van der Waals surface area contributed by atoms with E-state index in [-0.39, 0.29) is 13.0 Å². The quantitative estimate of drug-likeness (QED) is 0.578. The highest BCUT2D eigenvalue weighted by Crippen LogP contribution is 2.15. The molecule has 0 radical (unpaired) electrons. The molecule has 0 fully saturated rings. The fourth-order valence-corrected chi connectivity index (χ4v) is 1.88. The van der Waals surface area contributed by atoms with Crippen LogP contribution in [0.3, 0.4) is 0 Å². The first-order valence-electron chi connectivity index (χ1n) is 7.92. The van der Waals surface area contributed by atoms with Gasteiger partial charge in [-0.15, -0.1) is 0 Å². The molecule has 142 valence electrons. The molecule has 24 heavy (non-hydrogen) atoms. The van der Waals surface area contributed by atoms with Crippen LogP contribution in [0.1, 0.15) is 54.9 Å². The molecule has 0 aromatic rings. The highest BCUT2D eigenvalue weighted by molar-refractivity contribution is 5.69. The molecule has 8 nitrogen and oxygen atoms in total. The number of nitrogens with one attached hydrogen (secondary N) is 2. The van der Waals surface area contributed by atoms with E-state index in [1.165, 1.54) is 0 Å². The number of alkyl carbamates (subject to hydrolysis) is 2. The van der Waals surface area contributed by atoms with Crippen molar-refractivity contribution in [1.29, 1.82) is 0 Å². The van der Waals surface area contributed by atoms with E-state index in [1.807, 2.05) is 0 Å². The lowest BCUT2D eigenvalue weighted by Crippen LogP contribution is -2.55. The Morgan fingerprint density at radius 1 is 0.917 bits per heavy atom. The fraction of sp³-hybridized carbons (Fsp3) is 0.875. The lowest BCUT2D eigenvalue weighted by atomic mass is 9.94. The van der Waals surface area contributed by atoms with E-state index in [0.717, 1.165) is 0 Å². The molecule has 0 unspecified atom stereocenters. The molecule has 0 aromatic heterocycles. The van der Waals surface area contributed by atoms with Crippen molar-refractivity contribution in [3.63, 3.8) is 0 Å². The molecule has 0 aliphatic heterocycles. The van der Waals surface area contributed by atoms with Crippen LogP contribution >= 0.6 is 0 Å². The summed E-state index contributed by atoms with van der Waals surface area (Å²) in [5.41, 5.74) is -2.42. The van der Waals surface area contributed by atoms with Crippen LogP contribution in [-0.2, 0) is 9.47 Å². The van der Waals surface area contributed by atoms with Gasteiger partial charge in [0.05, 0.1) is 24.8 Å². The van der Waals surface area contributed by atoms with E-state index < -0.39 is 41.6 Å². The van der Waals surface area contributed by atoms with E-state index in [1.54, 1.807) is 48.5 Å². The van der Waals surface area contributed by atoms with Crippen molar-refractivity contribution in [2.75, 3.05) is 13.2 Å². The summed E-state index contributed by atoms with van der Waals surface area (Å²) in [6.45, 7) is 11.2. The summed E-state index contributed by atoms with van der Waals surface area (Å²) < 4.78 is 10.3. The van der Waals surface area contributed by atoms with Crippen LogP contribution in [-0.4, -0.2) is 58.4 Å². The number of amides is 2. The standard InChI is InChI=1S/C16H32N2O6/c1-14(2,3)23-12(21)17-11(9-19)8-16(7,10-20)18-13(22)24-15(4,5)6/h11,19-20H,8-10H2,1-7H3,(H,17,21)(H,18,22)/t11-,16+/m0/s1. The zero-order chi connectivity index (χ0) is 19.2. The van der Waals surface area contributed by atoms with E-state index in [4.69, 9.17) is 9.47 Å². The van der Waals surface area contributed by atoms with Gasteiger partial charge in [-0.2, -0.15) is 0 Å². The summed E-state index contributed by atoms with van der Waals surface area (Å²) in [7, 11) is 0. The number of carbonyl (C=O) groups is 2. The normalized spacial score (nSPS) is 15.9. The van der Waals surface area contributed by atoms with Gasteiger partial charge in [-0.05, 0) is 54.9 Å². The highest BCUT2D eigenvalue weighted by Gasteiger charge is 2.32. The zero-order valence-corrected chi connectivity index (χ0v) is 15.7. The number of rotatable bonds is 6. The summed E-state index contributed by atoms with van der Waals surface area (Å²) >= 11 is 0. The first-order valence-corrected chi connectivity index (χ1v) is 7.92. The summed E-state index contributed by atoms with van der Waals surface area (Å²) in [6, 6.07) is -0.702. The predicted octanol–water partition coefficient (Wildman–Crippen LogP) is 1.54. The minimum absolute atomic E-state index is 0.0957. The van der Waals surface area contributed by atoms with Crippen LogP contribution in [0, 0.1) is 0 Å². The van der Waals surface area contributed by atoms with Crippen LogP contribution < -0.4 is 10.6 Å². The first-order chi connectivity index (χ1) is 10.7. The maximum absolute atomic E-state index is 11.9. The van der Waals surface area contributed by atoms with Crippen LogP contribution in [0.25, 0.3) is 0 Å². The monoisotopic (exact) mass is 348 g/mol. The molecule has 0 saturated carbocycles. The highest BCUT2D eigenvalue weighted by atomic mass is 16.6. The molecule has 0 rings (SSSR count). The number of ether oxygens (including phenoxy) is 2. The lowest BCUT2D eigenvalue weighted by Gasteiger charge is -2.33. The van der Waals surface area contributed by atoms with Gasteiger partial charge < -0.3 is 30.3 Å². The van der Waals surface area contributed by atoms with Crippen molar-refractivity contribution < 1.29 is 29.3 Å². The van der Waals surface area contributed by atoms with E-state index in [2.05, 4.69) is 10.6 Å². The summed E-state index contributed by atoms with van der Waals surface area (Å²) in [6.07, 6.45) is -1.27. The Bertz CT molecular complexity index is 427. The van der Waals surface area contributed by atoms with Crippen LogP contribution in [0.15, 0.2) is 0 Å². The molecule has 2 atom stereocenters. The number of hydrogen-bond acceptors (Lipinski definition) is 6. The Morgan fingerprint density at radius 3 is 1.75 bits per heavy atom. The van der Waals surface area contributed by atoms with Gasteiger partial charge >= 0.3 is 12.2 Å². The van der Waals surface area contributed by atoms with Crippen LogP contribution in [0.4, 0.5) is 9.59 Å². The zero-order valence-electron chi connectivity index (χ0n) is 15.7. The molecule has 0 spiro atoms. The molecule has 0 saturated heterocycles. The van der Waals surface area contributed by atoms with Crippen molar-refractivity contribution in [2.24, 2.45) is 0 Å². The van der Waals surface area contributed by atoms with Gasteiger partial charge in [0.2, 0.25) is 0 Å². The topological polar surface area (TPSA) is 117 Å². The van der Waals surface area contributed by atoms with Gasteiger partial charge in [0.25, 0.3) is 0 Å². The molecule has 0 aliphatic carbocycles. The van der Waals surface area contributed by atoms with Gasteiger partial charge in [-0.3, -0.25) is 0 Å². The van der Waals surface area contributed by atoms with Crippen LogP contribution in [0.5, 0.6) is 0 Å². The van der Waals surface area contributed by atoms with Crippen molar-refractivity contribution in [3.8, 4) is 0 Å². The number of aliphatic hydroxyl groups excluding tert-OH is 2. The maximum Gasteiger partial charge on any atom is 0.408 e. The van der Waals surface area contributed by atoms with Gasteiger partial charge in [0.15, 0.2) is 0 Å². The van der Waals surface area contributed by atoms with Gasteiger partial charge in [0.1, 0.15) is 11.2 Å². The average Bonchev–Trinajstić information content (AvgIpc) is 2.32. The van der Waals surface area contributed by atoms with E-state index in [9.17, 15) is 19.8 Å². The van der Waals surface area contributed by atoms with Crippen molar-refractivity contribution >= 4 is 12.2 Å². The molecular formula is C16H32N2O6. The molecule has 8 heteroatoms. The predicted molar refractivity (Wildman–Crippen MR) is 89.7 cm³/mol. The summed E-state index contributed by atoms with van der Waals surface area (Å²) in [5.74, 6) is 0. The Labute approximate surface area is 143 Å². The molecule has 0 aromatic carbocycles. The maximum atomic E-state index is 11.9. The van der Waals surface area contributed by atoms with Crippen molar-refractivity contribution in [1.82, 2.24) is 10.6 Å². The van der Waals surface area contributed by atoms with Crippen LogP contribution in [0.2, 0.25) is 0 Å². The molecule has 2 amide bonds. The Kier molecular flexibility index (Phi) is 7.98. The smallest absolute Gasteiger partial charge is 0.408 e. The molecule has 0 bridgehead atoms. The average molecular weight is 348 g/mol. The number of hydrogen-bond donors (Lipinski definition) is 4. The first kappa shape index (κ1) is 22.5. The second-order valence-corrected chi connectivity index (χ2v) is 8.08. The molecule has 4 N–H and O–H groups in total. The van der Waals surface area contributed by atoms with E-state index in [0.29, 0.717) is 0 Å². The fourth-order valence-electron chi connectivity index (χ4n) is 1.88. The van der Waals surface area contributed by atoms with E-state index >= 15 is 0 Å². The minimum atomic E-state index is -1.08.